The number of azo groups is 2. The van der Waals surface area contributed by atoms with Gasteiger partial charge in [0.2, 0.25) is 0 Å². The van der Waals surface area contributed by atoms with Crippen molar-refractivity contribution in [2.24, 2.45) is 20.5 Å². The third-order valence-corrected chi connectivity index (χ3v) is 11.3. The Kier molecular flexibility index (Phi) is 13.7. The van der Waals surface area contributed by atoms with E-state index in [1.54, 1.807) is 71.2 Å². The number of aryl methyl sites for hydroxylation is 2. The van der Waals surface area contributed by atoms with Crippen LogP contribution in [0.5, 0.6) is 11.5 Å². The van der Waals surface area contributed by atoms with Crippen molar-refractivity contribution in [3.8, 4) is 32.6 Å². The normalized spacial score (nSPS) is 11.7. The minimum Gasteiger partial charge on any atom is -0.491 e. The zero-order chi connectivity index (χ0) is 41.9. The molecule has 2 heterocycles. The van der Waals surface area contributed by atoms with Crippen molar-refractivity contribution in [3.05, 3.63) is 145 Å². The monoisotopic (exact) mass is 857 g/mol. The van der Waals surface area contributed by atoms with Crippen molar-refractivity contribution < 1.29 is 26.5 Å². The van der Waals surface area contributed by atoms with Gasteiger partial charge in [0.25, 0.3) is 10.1 Å². The van der Waals surface area contributed by atoms with Gasteiger partial charge in [0, 0.05) is 11.1 Å². The van der Waals surface area contributed by atoms with E-state index < -0.39 is 16.8 Å². The fraction of sp³-hybridized carbons (Fsp3) is 0.156. The first-order valence-electron chi connectivity index (χ1n) is 18.7. The predicted molar refractivity (Wildman–Crippen MR) is 239 cm³/mol. The molecular formula is C45H39FN6O5S3. The molecule has 0 aliphatic heterocycles. The first-order valence-corrected chi connectivity index (χ1v) is 22.2. The van der Waals surface area contributed by atoms with Crippen LogP contribution in [0.1, 0.15) is 11.1 Å². The summed E-state index contributed by atoms with van der Waals surface area (Å²) in [6, 6.07) is 42.3. The quantitative estimate of drug-likeness (QED) is 0.0603. The van der Waals surface area contributed by atoms with Crippen molar-refractivity contribution in [2.45, 2.75) is 13.8 Å². The number of aromatic nitrogens is 2. The number of fused-ring (bicyclic) bond motifs is 2. The fourth-order valence-corrected chi connectivity index (χ4v) is 8.11. The summed E-state index contributed by atoms with van der Waals surface area (Å²) in [6.45, 7) is 3.82. The molecule has 0 atom stereocenters. The minimum atomic E-state index is -3.46. The van der Waals surface area contributed by atoms with Gasteiger partial charge in [0.05, 0.1) is 49.4 Å². The molecule has 0 aliphatic rings. The second-order valence-electron chi connectivity index (χ2n) is 13.4. The highest BCUT2D eigenvalue weighted by Crippen LogP contribution is 2.34. The summed E-state index contributed by atoms with van der Waals surface area (Å²) in [7, 11) is -3.46. The minimum absolute atomic E-state index is 0.0348. The van der Waals surface area contributed by atoms with Crippen LogP contribution in [0.3, 0.4) is 0 Å². The number of thiazole rings is 2. The molecule has 0 radical (unpaired) electrons. The maximum atomic E-state index is 12.1. The number of hydrogen-bond donors (Lipinski definition) is 0. The SMILES string of the molecule is Cc1ccc2nc(-c3ccc(N=Nc4ccc(OCCOS(C)(=O)=O)cc4)cc3)sc2c1.Cc1ccc2nc(-c3ccc(N=Nc4ccc(OCC[18F])cc4)cc3)sc2c1. The predicted octanol–water partition coefficient (Wildman–Crippen LogP) is 13.1. The highest BCUT2D eigenvalue weighted by atomic mass is 32.2. The molecule has 60 heavy (non-hydrogen) atoms. The lowest BCUT2D eigenvalue weighted by molar-refractivity contribution is 0.222. The molecule has 0 spiro atoms. The van der Waals surface area contributed by atoms with Gasteiger partial charge < -0.3 is 9.47 Å². The fourth-order valence-electron chi connectivity index (χ4n) is 5.60. The van der Waals surface area contributed by atoms with Gasteiger partial charge in [-0.1, -0.05) is 12.1 Å². The molecule has 15 heteroatoms. The summed E-state index contributed by atoms with van der Waals surface area (Å²) in [5.74, 6) is 1.21. The summed E-state index contributed by atoms with van der Waals surface area (Å²) in [5, 5.41) is 19.0. The zero-order valence-corrected chi connectivity index (χ0v) is 35.3. The van der Waals surface area contributed by atoms with Crippen LogP contribution in [0.2, 0.25) is 0 Å². The van der Waals surface area contributed by atoms with Gasteiger partial charge in [-0.05, 0) is 146 Å². The van der Waals surface area contributed by atoms with Crippen LogP contribution in [0.4, 0.5) is 27.1 Å². The van der Waals surface area contributed by atoms with Gasteiger partial charge in [-0.2, -0.15) is 28.9 Å². The molecule has 0 aliphatic carbocycles. The van der Waals surface area contributed by atoms with E-state index in [2.05, 4.69) is 68.8 Å². The van der Waals surface area contributed by atoms with Crippen molar-refractivity contribution in [3.63, 3.8) is 0 Å². The van der Waals surface area contributed by atoms with Crippen LogP contribution in [0, 0.1) is 13.8 Å². The smallest absolute Gasteiger partial charge is 0.264 e. The number of nitrogens with zero attached hydrogens (tertiary/aromatic N) is 6. The number of hydrogen-bond acceptors (Lipinski definition) is 13. The number of benzene rings is 6. The van der Waals surface area contributed by atoms with E-state index in [1.807, 2.05) is 54.6 Å². The first-order chi connectivity index (χ1) is 29.1. The molecule has 0 saturated carbocycles. The second-order valence-corrected chi connectivity index (χ2v) is 17.1. The lowest BCUT2D eigenvalue weighted by atomic mass is 10.2. The molecule has 11 nitrogen and oxygen atoms in total. The van der Waals surface area contributed by atoms with Crippen molar-refractivity contribution >= 4 is 76.0 Å². The van der Waals surface area contributed by atoms with Crippen LogP contribution in [0.25, 0.3) is 41.6 Å². The van der Waals surface area contributed by atoms with Gasteiger partial charge >= 0.3 is 0 Å². The Morgan fingerprint density at radius 3 is 1.30 bits per heavy atom. The van der Waals surface area contributed by atoms with E-state index in [1.165, 1.54) is 20.5 Å². The highest BCUT2D eigenvalue weighted by Gasteiger charge is 2.08. The van der Waals surface area contributed by atoms with Crippen LogP contribution in [0.15, 0.2) is 154 Å². The Bertz CT molecular complexity index is 2850. The summed E-state index contributed by atoms with van der Waals surface area (Å²) in [4.78, 5) is 9.42. The van der Waals surface area contributed by atoms with E-state index in [0.29, 0.717) is 22.9 Å². The number of halogens is 1. The summed E-state index contributed by atoms with van der Waals surface area (Å²) in [5.41, 5.74) is 9.49. The zero-order valence-electron chi connectivity index (χ0n) is 32.9. The van der Waals surface area contributed by atoms with Gasteiger partial charge in [-0.15, -0.1) is 22.7 Å². The van der Waals surface area contributed by atoms with Gasteiger partial charge in [-0.3, -0.25) is 4.18 Å². The number of alkyl halides is 1. The van der Waals surface area contributed by atoms with Crippen molar-refractivity contribution in [1.29, 1.82) is 0 Å². The van der Waals surface area contributed by atoms with Crippen molar-refractivity contribution in [1.82, 2.24) is 9.97 Å². The van der Waals surface area contributed by atoms with Crippen molar-refractivity contribution in [2.75, 3.05) is 32.8 Å². The lowest BCUT2D eigenvalue weighted by Crippen LogP contribution is -2.11. The Hall–Kier alpha value is -6.26. The molecule has 8 aromatic rings. The topological polar surface area (TPSA) is 137 Å². The van der Waals surface area contributed by atoms with Crippen LogP contribution < -0.4 is 9.47 Å². The molecule has 0 amide bonds. The third-order valence-electron chi connectivity index (χ3n) is 8.55. The largest absolute Gasteiger partial charge is 0.491 e. The van der Waals surface area contributed by atoms with Crippen LogP contribution >= 0.6 is 22.7 Å². The van der Waals surface area contributed by atoms with Gasteiger partial charge in [-0.25, -0.2) is 14.4 Å². The van der Waals surface area contributed by atoms with E-state index in [-0.39, 0.29) is 19.8 Å². The number of rotatable bonds is 14. The third kappa shape index (κ3) is 11.9. The summed E-state index contributed by atoms with van der Waals surface area (Å²) in [6.07, 6.45) is 1.00. The molecule has 304 valence electrons. The molecule has 6 aromatic carbocycles. The number of ether oxygens (including phenoxy) is 2. The average Bonchev–Trinajstić information content (AvgIpc) is 3.88. The van der Waals surface area contributed by atoms with E-state index in [9.17, 15) is 12.8 Å². The Balaban J connectivity index is 0.000000183. The van der Waals surface area contributed by atoms with Crippen LogP contribution in [-0.4, -0.2) is 51.1 Å². The summed E-state index contributed by atoms with van der Waals surface area (Å²) >= 11 is 3.36. The molecule has 0 N–H and O–H groups in total. The average molecular weight is 858 g/mol. The Morgan fingerprint density at radius 2 is 0.917 bits per heavy atom. The molecule has 8 rings (SSSR count). The molecule has 0 saturated heterocycles. The maximum absolute atomic E-state index is 12.1. The second kappa shape index (κ2) is 19.7. The van der Waals surface area contributed by atoms with E-state index >= 15 is 0 Å². The molecule has 0 unspecified atom stereocenters. The first kappa shape index (κ1) is 41.9. The summed E-state index contributed by atoms with van der Waals surface area (Å²) < 4.78 is 51.6. The van der Waals surface area contributed by atoms with Gasteiger partial charge in [0.15, 0.2) is 0 Å². The molecule has 0 fully saturated rings. The maximum Gasteiger partial charge on any atom is 0.264 e. The molecule has 0 bridgehead atoms. The van der Waals surface area contributed by atoms with E-state index in [4.69, 9.17) is 19.4 Å². The highest BCUT2D eigenvalue weighted by molar-refractivity contribution is 7.85. The molecule has 2 aromatic heterocycles. The lowest BCUT2D eigenvalue weighted by Gasteiger charge is -2.05. The van der Waals surface area contributed by atoms with Crippen LogP contribution in [-0.2, 0) is 14.3 Å². The molecular weight excluding hydrogens is 819 g/mol. The van der Waals surface area contributed by atoms with E-state index in [0.717, 1.165) is 49.8 Å². The Labute approximate surface area is 355 Å². The Morgan fingerprint density at radius 1 is 0.533 bits per heavy atom. The van der Waals surface area contributed by atoms with Gasteiger partial charge in [0.1, 0.15) is 48.0 Å². The standard InChI is InChI=1S/C23H21N3O4S2.C22H18FN3OS/c1-16-3-12-21-22(15-16)31-23(24-21)17-4-6-18(7-5-17)25-26-19-8-10-20(11-9-19)29-13-14-30-32(2,27)28;1-15-2-11-20-21(14-15)28-22(24-20)16-3-5-17(6-4-16)25-26-18-7-9-19(10-8-18)27-13-12-23/h3-12,15H,13-14H2,1-2H3;2-11,14H,12-13H2,1H3/i;23-1.